The van der Waals surface area contributed by atoms with Gasteiger partial charge in [-0.2, -0.15) is 0 Å². The molecule has 4 heteroatoms. The zero-order chi connectivity index (χ0) is 15.7. The third kappa shape index (κ3) is 4.35. The second kappa shape index (κ2) is 6.15. The maximum atomic E-state index is 12.1. The summed E-state index contributed by atoms with van der Waals surface area (Å²) in [5, 5.41) is 0. The third-order valence-electron chi connectivity index (χ3n) is 4.91. The van der Waals surface area contributed by atoms with Crippen molar-refractivity contribution in [2.75, 3.05) is 26.2 Å². The largest absolute Gasteiger partial charge is 0.444 e. The molecule has 0 saturated carbocycles. The molecular weight excluding hydrogens is 264 g/mol. The van der Waals surface area contributed by atoms with Gasteiger partial charge in [0.2, 0.25) is 0 Å². The van der Waals surface area contributed by atoms with Gasteiger partial charge >= 0.3 is 6.09 Å². The Morgan fingerprint density at radius 3 is 2.33 bits per heavy atom. The molecule has 0 N–H and O–H groups in total. The highest BCUT2D eigenvalue weighted by Crippen LogP contribution is 2.32. The van der Waals surface area contributed by atoms with Crippen LogP contribution in [0.15, 0.2) is 0 Å². The van der Waals surface area contributed by atoms with Gasteiger partial charge in [0.25, 0.3) is 0 Å². The van der Waals surface area contributed by atoms with Crippen molar-refractivity contribution in [3.05, 3.63) is 0 Å². The normalized spacial score (nSPS) is 27.5. The Balaban J connectivity index is 1.88. The average Bonchev–Trinajstić information content (AvgIpc) is 2.37. The van der Waals surface area contributed by atoms with Crippen LogP contribution in [0.2, 0.25) is 0 Å². The molecule has 0 aromatic heterocycles. The molecule has 0 spiro atoms. The van der Waals surface area contributed by atoms with E-state index in [2.05, 4.69) is 18.7 Å². The summed E-state index contributed by atoms with van der Waals surface area (Å²) in [7, 11) is 0. The Labute approximate surface area is 129 Å². The molecule has 0 bridgehead atoms. The molecule has 2 saturated heterocycles. The monoisotopic (exact) mass is 296 g/mol. The van der Waals surface area contributed by atoms with Crippen LogP contribution in [0, 0.1) is 5.92 Å². The SMILES string of the molecule is CC1CCCN(C2(C)CCN(C(=O)OC(C)(C)C)CC2)C1. The van der Waals surface area contributed by atoms with E-state index in [0.717, 1.165) is 31.8 Å². The summed E-state index contributed by atoms with van der Waals surface area (Å²) in [6.07, 6.45) is 4.62. The lowest BCUT2D eigenvalue weighted by molar-refractivity contribution is -0.0120. The van der Waals surface area contributed by atoms with E-state index in [9.17, 15) is 4.79 Å². The molecule has 0 aliphatic carbocycles. The molecule has 0 aromatic carbocycles. The van der Waals surface area contributed by atoms with Crippen LogP contribution >= 0.6 is 0 Å². The van der Waals surface area contributed by atoms with Gasteiger partial charge in [0.15, 0.2) is 0 Å². The maximum Gasteiger partial charge on any atom is 0.410 e. The number of rotatable bonds is 1. The summed E-state index contributed by atoms with van der Waals surface area (Å²) in [5.74, 6) is 0.805. The molecule has 4 nitrogen and oxygen atoms in total. The van der Waals surface area contributed by atoms with Crippen LogP contribution in [0.3, 0.4) is 0 Å². The van der Waals surface area contributed by atoms with Crippen LogP contribution in [0.5, 0.6) is 0 Å². The molecule has 2 rings (SSSR count). The molecule has 2 heterocycles. The van der Waals surface area contributed by atoms with E-state index in [-0.39, 0.29) is 11.6 Å². The minimum Gasteiger partial charge on any atom is -0.444 e. The minimum atomic E-state index is -0.403. The van der Waals surface area contributed by atoms with Crippen LogP contribution < -0.4 is 0 Å². The molecule has 1 atom stereocenters. The molecule has 0 radical (unpaired) electrons. The first kappa shape index (κ1) is 16.6. The van der Waals surface area contributed by atoms with Crippen molar-refractivity contribution >= 4 is 6.09 Å². The fraction of sp³-hybridized carbons (Fsp3) is 0.941. The van der Waals surface area contributed by atoms with Crippen molar-refractivity contribution < 1.29 is 9.53 Å². The van der Waals surface area contributed by atoms with Crippen molar-refractivity contribution in [2.45, 2.75) is 71.4 Å². The first-order valence-corrected chi connectivity index (χ1v) is 8.43. The molecule has 2 aliphatic rings. The van der Waals surface area contributed by atoms with Gasteiger partial charge in [0.05, 0.1) is 0 Å². The van der Waals surface area contributed by atoms with Gasteiger partial charge in [-0.15, -0.1) is 0 Å². The smallest absolute Gasteiger partial charge is 0.410 e. The summed E-state index contributed by atoms with van der Waals surface area (Å²) in [6, 6.07) is 0. The van der Waals surface area contributed by atoms with Crippen molar-refractivity contribution in [3.8, 4) is 0 Å². The van der Waals surface area contributed by atoms with Crippen molar-refractivity contribution in [1.29, 1.82) is 0 Å². The lowest BCUT2D eigenvalue weighted by atomic mass is 9.85. The standard InChI is InChI=1S/C17H32N2O2/c1-14-7-6-10-19(13-14)17(5)8-11-18(12-9-17)15(20)21-16(2,3)4/h14H,6-13H2,1-5H3. The Morgan fingerprint density at radius 1 is 1.19 bits per heavy atom. The Morgan fingerprint density at radius 2 is 1.81 bits per heavy atom. The zero-order valence-corrected chi connectivity index (χ0v) is 14.4. The maximum absolute atomic E-state index is 12.1. The highest BCUT2D eigenvalue weighted by atomic mass is 16.6. The molecular formula is C17H32N2O2. The molecule has 1 unspecified atom stereocenters. The fourth-order valence-electron chi connectivity index (χ4n) is 3.49. The van der Waals surface area contributed by atoms with Gasteiger partial charge in [-0.25, -0.2) is 4.79 Å². The predicted molar refractivity (Wildman–Crippen MR) is 85.4 cm³/mol. The van der Waals surface area contributed by atoms with Crippen molar-refractivity contribution in [3.63, 3.8) is 0 Å². The third-order valence-corrected chi connectivity index (χ3v) is 4.91. The second-order valence-corrected chi connectivity index (χ2v) is 8.16. The highest BCUT2D eigenvalue weighted by molar-refractivity contribution is 5.68. The molecule has 2 fully saturated rings. The highest BCUT2D eigenvalue weighted by Gasteiger charge is 2.38. The van der Waals surface area contributed by atoms with Crippen LogP contribution in [-0.4, -0.2) is 53.2 Å². The van der Waals surface area contributed by atoms with Gasteiger partial charge in [-0.1, -0.05) is 6.92 Å². The van der Waals surface area contributed by atoms with Gasteiger partial charge in [0.1, 0.15) is 5.60 Å². The quantitative estimate of drug-likeness (QED) is 0.742. The van der Waals surface area contributed by atoms with Crippen molar-refractivity contribution in [1.82, 2.24) is 9.80 Å². The molecule has 2 aliphatic heterocycles. The van der Waals surface area contributed by atoms with Gasteiger partial charge in [0, 0.05) is 25.2 Å². The number of likely N-dealkylation sites (tertiary alicyclic amines) is 2. The molecule has 0 aromatic rings. The van der Waals surface area contributed by atoms with E-state index in [4.69, 9.17) is 4.74 Å². The number of nitrogens with zero attached hydrogens (tertiary/aromatic N) is 2. The van der Waals surface area contributed by atoms with Gasteiger partial charge in [-0.05, 0) is 65.8 Å². The number of carbonyl (C=O) groups is 1. The van der Waals surface area contributed by atoms with Crippen LogP contribution in [0.1, 0.15) is 60.3 Å². The Hall–Kier alpha value is -0.770. The van der Waals surface area contributed by atoms with E-state index in [0.29, 0.717) is 0 Å². The van der Waals surface area contributed by atoms with Crippen LogP contribution in [0.4, 0.5) is 4.79 Å². The van der Waals surface area contributed by atoms with E-state index >= 15 is 0 Å². The summed E-state index contributed by atoms with van der Waals surface area (Å²) in [4.78, 5) is 16.7. The summed E-state index contributed by atoms with van der Waals surface area (Å²) >= 11 is 0. The Kier molecular flexibility index (Phi) is 4.86. The lowest BCUT2D eigenvalue weighted by Crippen LogP contribution is -2.57. The minimum absolute atomic E-state index is 0.156. The topological polar surface area (TPSA) is 32.8 Å². The first-order valence-electron chi connectivity index (χ1n) is 8.43. The molecule has 122 valence electrons. The second-order valence-electron chi connectivity index (χ2n) is 8.16. The lowest BCUT2D eigenvalue weighted by Gasteiger charge is -2.49. The van der Waals surface area contributed by atoms with Gasteiger partial charge < -0.3 is 9.64 Å². The Bertz CT molecular complexity index is 367. The number of hydrogen-bond acceptors (Lipinski definition) is 3. The van der Waals surface area contributed by atoms with E-state index in [1.54, 1.807) is 0 Å². The predicted octanol–water partition coefficient (Wildman–Crippen LogP) is 3.51. The van der Waals surface area contributed by atoms with Crippen LogP contribution in [-0.2, 0) is 4.74 Å². The number of carbonyl (C=O) groups excluding carboxylic acids is 1. The van der Waals surface area contributed by atoms with Gasteiger partial charge in [-0.3, -0.25) is 4.90 Å². The van der Waals surface area contributed by atoms with E-state index in [1.165, 1.54) is 25.9 Å². The number of ether oxygens (including phenoxy) is 1. The summed E-state index contributed by atoms with van der Waals surface area (Å²) in [6.45, 7) is 14.6. The summed E-state index contributed by atoms with van der Waals surface area (Å²) in [5.41, 5.74) is -0.146. The molecule has 1 amide bonds. The average molecular weight is 296 g/mol. The first-order chi connectivity index (χ1) is 9.70. The van der Waals surface area contributed by atoms with Crippen molar-refractivity contribution in [2.24, 2.45) is 5.92 Å². The number of piperidine rings is 2. The molecule has 21 heavy (non-hydrogen) atoms. The van der Waals surface area contributed by atoms with E-state index in [1.807, 2.05) is 25.7 Å². The summed E-state index contributed by atoms with van der Waals surface area (Å²) < 4.78 is 5.48. The zero-order valence-electron chi connectivity index (χ0n) is 14.4. The number of hydrogen-bond donors (Lipinski definition) is 0. The number of amides is 1. The fourth-order valence-corrected chi connectivity index (χ4v) is 3.49. The van der Waals surface area contributed by atoms with Crippen LogP contribution in [0.25, 0.3) is 0 Å². The van der Waals surface area contributed by atoms with E-state index < -0.39 is 5.60 Å².